The third-order valence-electron chi connectivity index (χ3n) is 9.02. The minimum absolute atomic E-state index is 0.0611. The molecule has 1 saturated heterocycles. The van der Waals surface area contributed by atoms with Crippen molar-refractivity contribution in [2.75, 3.05) is 27.2 Å². The highest BCUT2D eigenvalue weighted by Gasteiger charge is 2.54. The molecule has 2 aliphatic carbocycles. The van der Waals surface area contributed by atoms with Crippen molar-refractivity contribution >= 4 is 17.7 Å². The van der Waals surface area contributed by atoms with Crippen molar-refractivity contribution in [3.8, 4) is 6.07 Å². The fraction of sp³-hybridized carbons (Fsp3) is 0.433. The Morgan fingerprint density at radius 3 is 2.21 bits per heavy atom. The van der Waals surface area contributed by atoms with Gasteiger partial charge in [-0.1, -0.05) is 12.1 Å². The lowest BCUT2D eigenvalue weighted by Crippen LogP contribution is -2.44. The van der Waals surface area contributed by atoms with Crippen molar-refractivity contribution in [2.45, 2.75) is 49.6 Å². The lowest BCUT2D eigenvalue weighted by molar-refractivity contribution is -0.131. The molecule has 1 aromatic heterocycles. The number of tetrazole rings is 1. The van der Waals surface area contributed by atoms with Gasteiger partial charge in [-0.2, -0.15) is 5.26 Å². The topological polar surface area (TPSA) is 169 Å². The monoisotopic (exact) mass is 567 g/mol. The molecule has 2 aromatic carbocycles. The Morgan fingerprint density at radius 1 is 1.02 bits per heavy atom. The van der Waals surface area contributed by atoms with Crippen LogP contribution in [0.5, 0.6) is 0 Å². The van der Waals surface area contributed by atoms with E-state index >= 15 is 0 Å². The zero-order valence-corrected chi connectivity index (χ0v) is 23.6. The quantitative estimate of drug-likeness (QED) is 0.290. The number of hydrogen-bond donors (Lipinski definition) is 4. The largest absolute Gasteiger partial charge is 0.355 e. The minimum atomic E-state index is -0.854. The van der Waals surface area contributed by atoms with Gasteiger partial charge >= 0.3 is 0 Å². The number of carbonyl (C=O) groups is 3. The van der Waals surface area contributed by atoms with E-state index in [-0.39, 0.29) is 36.3 Å². The third-order valence-corrected chi connectivity index (χ3v) is 9.02. The van der Waals surface area contributed by atoms with Gasteiger partial charge in [0.15, 0.2) is 5.82 Å². The summed E-state index contributed by atoms with van der Waals surface area (Å²) < 4.78 is 0. The Labute approximate surface area is 243 Å². The summed E-state index contributed by atoms with van der Waals surface area (Å²) in [7, 11) is 3.21. The highest BCUT2D eigenvalue weighted by atomic mass is 16.2. The van der Waals surface area contributed by atoms with E-state index < -0.39 is 5.41 Å². The van der Waals surface area contributed by atoms with E-state index in [2.05, 4.69) is 42.6 Å². The van der Waals surface area contributed by atoms with Crippen LogP contribution in [0, 0.1) is 17.2 Å². The number of rotatable bonds is 8. The van der Waals surface area contributed by atoms with E-state index in [1.54, 1.807) is 31.1 Å². The molecule has 4 N–H and O–H groups in total. The minimum Gasteiger partial charge on any atom is -0.355 e. The molecule has 3 amide bonds. The zero-order valence-electron chi connectivity index (χ0n) is 23.6. The number of H-pyrrole nitrogens is 1. The molecule has 12 nitrogen and oxygen atoms in total. The average Bonchev–Trinajstić information content (AvgIpc) is 3.40. The molecule has 3 aliphatic rings. The Bertz CT molecular complexity index is 1510. The fourth-order valence-corrected chi connectivity index (χ4v) is 6.90. The first-order valence-corrected chi connectivity index (χ1v) is 14.3. The Kier molecular flexibility index (Phi) is 7.20. The molecule has 0 spiro atoms. The van der Waals surface area contributed by atoms with Crippen LogP contribution in [-0.2, 0) is 23.1 Å². The van der Waals surface area contributed by atoms with Gasteiger partial charge in [-0.3, -0.25) is 14.4 Å². The number of piperidine rings is 1. The summed E-state index contributed by atoms with van der Waals surface area (Å²) in [5.41, 5.74) is 4.13. The van der Waals surface area contributed by atoms with E-state index in [0.717, 1.165) is 35.1 Å². The highest BCUT2D eigenvalue weighted by Crippen LogP contribution is 2.48. The van der Waals surface area contributed by atoms with Crippen molar-refractivity contribution < 1.29 is 14.4 Å². The summed E-state index contributed by atoms with van der Waals surface area (Å²) in [6, 6.07) is 13.5. The number of hydrogen-bond acceptors (Lipinski definition) is 8. The maximum absolute atomic E-state index is 13.1. The van der Waals surface area contributed by atoms with Gasteiger partial charge in [0, 0.05) is 31.3 Å². The predicted octanol–water partition coefficient (Wildman–Crippen LogP) is 0.845. The first kappa shape index (κ1) is 27.5. The molecule has 3 aromatic rings. The number of nitrogens with one attached hydrogen (secondary N) is 4. The molecule has 6 rings (SSSR count). The second-order valence-electron chi connectivity index (χ2n) is 11.2. The molecule has 1 aliphatic heterocycles. The molecule has 1 saturated carbocycles. The van der Waals surface area contributed by atoms with Gasteiger partial charge in [0.1, 0.15) is 6.04 Å². The maximum Gasteiger partial charge on any atom is 0.251 e. The number of benzene rings is 2. The summed E-state index contributed by atoms with van der Waals surface area (Å²) in [5.74, 6) is 0.576. The molecule has 42 heavy (non-hydrogen) atoms. The highest BCUT2D eigenvalue weighted by molar-refractivity contribution is 5.95. The number of nitriles is 1. The Hall–Kier alpha value is -4.63. The molecule has 0 bridgehead atoms. The van der Waals surface area contributed by atoms with Gasteiger partial charge in [0.25, 0.3) is 11.8 Å². The lowest BCUT2D eigenvalue weighted by Gasteiger charge is -2.34. The lowest BCUT2D eigenvalue weighted by atomic mass is 9.69. The second-order valence-corrected chi connectivity index (χ2v) is 11.2. The van der Waals surface area contributed by atoms with Crippen LogP contribution in [0.2, 0.25) is 0 Å². The summed E-state index contributed by atoms with van der Waals surface area (Å²) in [6.45, 7) is 0.565. The SMILES string of the molecule is CNC(=O)c1ccc2c(c1)CCc1cc(C(=O)NC)ccc1C2(CCNCC(=O)N1C(C#N)C[C@@H]2C[C@@H]21)c1nnn[nH]1. The smallest absolute Gasteiger partial charge is 0.251 e. The van der Waals surface area contributed by atoms with Crippen LogP contribution in [0.3, 0.4) is 0 Å². The Morgan fingerprint density at radius 2 is 1.67 bits per heavy atom. The molecule has 2 fully saturated rings. The molecule has 216 valence electrons. The van der Waals surface area contributed by atoms with E-state index in [4.69, 9.17) is 0 Å². The number of carbonyl (C=O) groups excluding carboxylic acids is 3. The van der Waals surface area contributed by atoms with Crippen LogP contribution < -0.4 is 16.0 Å². The normalized spacial score (nSPS) is 21.3. The van der Waals surface area contributed by atoms with Crippen molar-refractivity contribution in [3.63, 3.8) is 0 Å². The number of aromatic amines is 1. The van der Waals surface area contributed by atoms with Crippen molar-refractivity contribution in [1.29, 1.82) is 5.26 Å². The molecule has 2 heterocycles. The van der Waals surface area contributed by atoms with Crippen LogP contribution in [-0.4, -0.2) is 82.5 Å². The molecule has 12 heteroatoms. The number of likely N-dealkylation sites (tertiary alicyclic amines) is 1. The molecule has 3 atom stereocenters. The maximum atomic E-state index is 13.1. The summed E-state index contributed by atoms with van der Waals surface area (Å²) in [6.07, 6.45) is 3.52. The number of nitrogens with zero attached hydrogens (tertiary/aromatic N) is 5. The zero-order chi connectivity index (χ0) is 29.4. The van der Waals surface area contributed by atoms with Crippen LogP contribution >= 0.6 is 0 Å². The van der Waals surface area contributed by atoms with Crippen LogP contribution in [0.15, 0.2) is 36.4 Å². The molecule has 0 radical (unpaired) electrons. The first-order chi connectivity index (χ1) is 20.4. The van der Waals surface area contributed by atoms with Crippen LogP contribution in [0.25, 0.3) is 0 Å². The van der Waals surface area contributed by atoms with Gasteiger partial charge in [0.05, 0.1) is 18.0 Å². The van der Waals surface area contributed by atoms with E-state index in [1.165, 1.54) is 0 Å². The number of fused-ring (bicyclic) bond motifs is 3. The van der Waals surface area contributed by atoms with Crippen molar-refractivity contribution in [1.82, 2.24) is 41.5 Å². The van der Waals surface area contributed by atoms with Gasteiger partial charge in [-0.15, -0.1) is 5.10 Å². The van der Waals surface area contributed by atoms with E-state index in [0.29, 0.717) is 48.7 Å². The van der Waals surface area contributed by atoms with Crippen LogP contribution in [0.4, 0.5) is 0 Å². The average molecular weight is 568 g/mol. The summed E-state index contributed by atoms with van der Waals surface area (Å²) >= 11 is 0. The number of aromatic nitrogens is 4. The van der Waals surface area contributed by atoms with Gasteiger partial charge in [0.2, 0.25) is 5.91 Å². The fourth-order valence-electron chi connectivity index (χ4n) is 6.90. The standard InChI is InChI=1S/C30H33N9O3/c1-32-27(41)19-5-7-23-17(11-19)3-4-18-12-20(28(42)33-2)6-8-24(18)30(23,29-35-37-38-36-29)9-10-34-16-26(40)39-22(15-31)13-21-14-25(21)39/h5-8,11-12,21-22,25,34H,3-4,9-10,13-14,16H2,1-2H3,(H,32,41)(H,33,42)(H,35,36,37,38)/t21-,22?,25+/m1/s1. The van der Waals surface area contributed by atoms with Crippen molar-refractivity contribution in [2.24, 2.45) is 5.92 Å². The molecular formula is C30H33N9O3. The first-order valence-electron chi connectivity index (χ1n) is 14.3. The van der Waals surface area contributed by atoms with Crippen molar-refractivity contribution in [3.05, 3.63) is 75.6 Å². The molecular weight excluding hydrogens is 534 g/mol. The Balaban J connectivity index is 1.38. The summed E-state index contributed by atoms with van der Waals surface area (Å²) in [4.78, 5) is 40.0. The van der Waals surface area contributed by atoms with E-state index in [9.17, 15) is 19.6 Å². The number of amides is 3. The summed E-state index contributed by atoms with van der Waals surface area (Å²) in [5, 5.41) is 33.5. The van der Waals surface area contributed by atoms with Gasteiger partial charge in [-0.05, 0) is 102 Å². The van der Waals surface area contributed by atoms with E-state index in [1.807, 2.05) is 24.3 Å². The van der Waals surface area contributed by atoms with Gasteiger partial charge < -0.3 is 20.9 Å². The van der Waals surface area contributed by atoms with Crippen LogP contribution in [0.1, 0.15) is 68.1 Å². The predicted molar refractivity (Wildman–Crippen MR) is 151 cm³/mol. The third kappa shape index (κ3) is 4.59. The van der Waals surface area contributed by atoms with Gasteiger partial charge in [-0.25, -0.2) is 5.10 Å². The number of aryl methyl sites for hydroxylation is 2. The molecule has 1 unspecified atom stereocenters. The second kappa shape index (κ2) is 11.0.